The Morgan fingerprint density at radius 1 is 0.640 bits per heavy atom. The third-order valence-electron chi connectivity index (χ3n) is 4.22. The van der Waals surface area contributed by atoms with Gasteiger partial charge in [0.1, 0.15) is 0 Å². The summed E-state index contributed by atoms with van der Waals surface area (Å²) in [5.41, 5.74) is 27.6. The van der Waals surface area contributed by atoms with Crippen molar-refractivity contribution in [2.24, 2.45) is 11.5 Å². The monoisotopic (exact) mass is 342 g/mol. The van der Waals surface area contributed by atoms with Crippen molar-refractivity contribution in [2.45, 2.75) is 37.8 Å². The van der Waals surface area contributed by atoms with Gasteiger partial charge in [-0.3, -0.25) is 0 Å². The smallest absolute Gasteiger partial charge is 0.0480 e. The van der Waals surface area contributed by atoms with E-state index in [9.17, 15) is 0 Å². The molecule has 8 N–H and O–H groups in total. The van der Waals surface area contributed by atoms with Crippen LogP contribution in [0, 0.1) is 0 Å². The molecule has 0 spiro atoms. The maximum absolute atomic E-state index is 6.15. The molecule has 136 valence electrons. The quantitative estimate of drug-likeness (QED) is 0.390. The van der Waals surface area contributed by atoms with E-state index in [1.165, 1.54) is 11.1 Å². The van der Waals surface area contributed by atoms with Gasteiger partial charge in [-0.1, -0.05) is 24.3 Å². The Bertz CT molecular complexity index is 557. The van der Waals surface area contributed by atoms with E-state index in [1.54, 1.807) is 0 Å². The average molecular weight is 342 g/mol. The van der Waals surface area contributed by atoms with Gasteiger partial charge in [-0.15, -0.1) is 0 Å². The largest absolute Gasteiger partial charge is 0.399 e. The van der Waals surface area contributed by atoms with Gasteiger partial charge in [0.15, 0.2) is 0 Å². The molecule has 2 aromatic rings. The minimum atomic E-state index is 0.0899. The van der Waals surface area contributed by atoms with Crippen molar-refractivity contribution in [3.8, 4) is 0 Å². The standard InChI is InChI=1S/C20H30N4O/c21-17-5-1-15(2-6-17)13-19(23)9-11-25-12-10-20(24)14-16-3-7-18(22)8-4-16/h1-8,19-20H,9-14,21-24H2. The first-order valence-electron chi connectivity index (χ1n) is 8.80. The molecule has 5 nitrogen and oxygen atoms in total. The van der Waals surface area contributed by atoms with Crippen LogP contribution in [0.15, 0.2) is 48.5 Å². The van der Waals surface area contributed by atoms with Gasteiger partial charge in [0.2, 0.25) is 0 Å². The van der Waals surface area contributed by atoms with Gasteiger partial charge in [0, 0.05) is 36.7 Å². The van der Waals surface area contributed by atoms with Crippen molar-refractivity contribution in [3.63, 3.8) is 0 Å². The van der Waals surface area contributed by atoms with E-state index in [1.807, 2.05) is 48.5 Å². The number of hydrogen-bond donors (Lipinski definition) is 4. The van der Waals surface area contributed by atoms with Crippen molar-refractivity contribution < 1.29 is 4.74 Å². The van der Waals surface area contributed by atoms with Crippen LogP contribution < -0.4 is 22.9 Å². The molecule has 0 aliphatic heterocycles. The van der Waals surface area contributed by atoms with Crippen LogP contribution in [0.25, 0.3) is 0 Å². The van der Waals surface area contributed by atoms with Crippen molar-refractivity contribution in [1.82, 2.24) is 0 Å². The molecule has 0 aliphatic rings. The highest BCUT2D eigenvalue weighted by Gasteiger charge is 2.06. The summed E-state index contributed by atoms with van der Waals surface area (Å²) in [5.74, 6) is 0. The Morgan fingerprint density at radius 3 is 1.36 bits per heavy atom. The fourth-order valence-electron chi connectivity index (χ4n) is 2.69. The van der Waals surface area contributed by atoms with Crippen molar-refractivity contribution in [2.75, 3.05) is 24.7 Å². The second kappa shape index (κ2) is 10.0. The molecule has 0 fully saturated rings. The zero-order valence-corrected chi connectivity index (χ0v) is 14.7. The van der Waals surface area contributed by atoms with Crippen LogP contribution in [-0.4, -0.2) is 25.3 Å². The molecule has 0 saturated heterocycles. The number of nitrogens with two attached hydrogens (primary N) is 4. The minimum absolute atomic E-state index is 0.0899. The minimum Gasteiger partial charge on any atom is -0.399 e. The molecule has 2 atom stereocenters. The van der Waals surface area contributed by atoms with Gasteiger partial charge in [0.25, 0.3) is 0 Å². The van der Waals surface area contributed by atoms with Crippen LogP contribution >= 0.6 is 0 Å². The van der Waals surface area contributed by atoms with Gasteiger partial charge in [-0.2, -0.15) is 0 Å². The normalized spacial score (nSPS) is 13.5. The lowest BCUT2D eigenvalue weighted by Gasteiger charge is -2.14. The van der Waals surface area contributed by atoms with E-state index >= 15 is 0 Å². The van der Waals surface area contributed by atoms with Gasteiger partial charge < -0.3 is 27.7 Å². The topological polar surface area (TPSA) is 113 Å². The zero-order chi connectivity index (χ0) is 18.1. The third-order valence-corrected chi connectivity index (χ3v) is 4.22. The van der Waals surface area contributed by atoms with Crippen LogP contribution in [0.5, 0.6) is 0 Å². The molecular weight excluding hydrogens is 312 g/mol. The average Bonchev–Trinajstić information content (AvgIpc) is 2.59. The molecule has 0 amide bonds. The second-order valence-electron chi connectivity index (χ2n) is 6.60. The van der Waals surface area contributed by atoms with Gasteiger partial charge in [0.05, 0.1) is 0 Å². The Labute approximate surface area is 150 Å². The third kappa shape index (κ3) is 7.56. The van der Waals surface area contributed by atoms with E-state index in [4.69, 9.17) is 27.7 Å². The van der Waals surface area contributed by atoms with E-state index in [-0.39, 0.29) is 12.1 Å². The van der Waals surface area contributed by atoms with Gasteiger partial charge in [-0.05, 0) is 61.1 Å². The van der Waals surface area contributed by atoms with Crippen molar-refractivity contribution in [1.29, 1.82) is 0 Å². The summed E-state index contributed by atoms with van der Waals surface area (Å²) in [6, 6.07) is 15.9. The molecule has 2 unspecified atom stereocenters. The first kappa shape index (κ1) is 19.2. The highest BCUT2D eigenvalue weighted by molar-refractivity contribution is 5.40. The molecule has 25 heavy (non-hydrogen) atoms. The Morgan fingerprint density at radius 2 is 1.00 bits per heavy atom. The number of anilines is 2. The number of ether oxygens (including phenoxy) is 1. The molecule has 2 aromatic carbocycles. The van der Waals surface area contributed by atoms with Crippen LogP contribution in [0.1, 0.15) is 24.0 Å². The predicted molar refractivity (Wildman–Crippen MR) is 105 cm³/mol. The second-order valence-corrected chi connectivity index (χ2v) is 6.60. The van der Waals surface area contributed by atoms with Crippen LogP contribution in [-0.2, 0) is 17.6 Å². The molecule has 0 radical (unpaired) electrons. The van der Waals surface area contributed by atoms with Crippen LogP contribution in [0.3, 0.4) is 0 Å². The highest BCUT2D eigenvalue weighted by Crippen LogP contribution is 2.10. The van der Waals surface area contributed by atoms with E-state index < -0.39 is 0 Å². The highest BCUT2D eigenvalue weighted by atomic mass is 16.5. The summed E-state index contributed by atoms with van der Waals surface area (Å²) < 4.78 is 5.69. The summed E-state index contributed by atoms with van der Waals surface area (Å²) in [6.45, 7) is 1.31. The van der Waals surface area contributed by atoms with Crippen molar-refractivity contribution in [3.05, 3.63) is 59.7 Å². The molecule has 0 saturated carbocycles. The number of benzene rings is 2. The summed E-state index contributed by atoms with van der Waals surface area (Å²) in [4.78, 5) is 0. The fraction of sp³-hybridized carbons (Fsp3) is 0.400. The summed E-state index contributed by atoms with van der Waals surface area (Å²) in [7, 11) is 0. The maximum atomic E-state index is 6.15. The maximum Gasteiger partial charge on any atom is 0.0480 e. The van der Waals surface area contributed by atoms with E-state index in [0.717, 1.165) is 37.1 Å². The fourth-order valence-corrected chi connectivity index (χ4v) is 2.69. The first-order valence-corrected chi connectivity index (χ1v) is 8.80. The van der Waals surface area contributed by atoms with Crippen LogP contribution in [0.4, 0.5) is 11.4 Å². The number of hydrogen-bond acceptors (Lipinski definition) is 5. The number of rotatable bonds is 10. The molecular formula is C20H30N4O. The lowest BCUT2D eigenvalue weighted by molar-refractivity contribution is 0.120. The number of nitrogen functional groups attached to an aromatic ring is 2. The molecule has 2 rings (SSSR count). The Kier molecular flexibility index (Phi) is 7.73. The van der Waals surface area contributed by atoms with Gasteiger partial charge in [-0.25, -0.2) is 0 Å². The summed E-state index contributed by atoms with van der Waals surface area (Å²) in [5, 5.41) is 0. The molecule has 5 heteroatoms. The van der Waals surface area contributed by atoms with Gasteiger partial charge >= 0.3 is 0 Å². The Balaban J connectivity index is 1.56. The predicted octanol–water partition coefficient (Wildman–Crippen LogP) is 2.09. The van der Waals surface area contributed by atoms with E-state index in [0.29, 0.717) is 13.2 Å². The molecule has 0 bridgehead atoms. The first-order chi connectivity index (χ1) is 12.0. The molecule has 0 aromatic heterocycles. The zero-order valence-electron chi connectivity index (χ0n) is 14.7. The molecule has 0 aliphatic carbocycles. The van der Waals surface area contributed by atoms with Crippen LogP contribution in [0.2, 0.25) is 0 Å². The lowest BCUT2D eigenvalue weighted by atomic mass is 10.0. The SMILES string of the molecule is Nc1ccc(CC(N)CCOCCC(N)Cc2ccc(N)cc2)cc1. The summed E-state index contributed by atoms with van der Waals surface area (Å²) >= 11 is 0. The molecule has 0 heterocycles. The van der Waals surface area contributed by atoms with Crippen molar-refractivity contribution >= 4 is 11.4 Å². The summed E-state index contributed by atoms with van der Waals surface area (Å²) in [6.07, 6.45) is 3.33. The Hall–Kier alpha value is -2.08. The van der Waals surface area contributed by atoms with E-state index in [2.05, 4.69) is 0 Å². The lowest BCUT2D eigenvalue weighted by Crippen LogP contribution is -2.26.